The van der Waals surface area contributed by atoms with Crippen LogP contribution in [0, 0.1) is 6.92 Å². The molecule has 2 rings (SSSR count). The number of aryl methyl sites for hydroxylation is 1. The van der Waals surface area contributed by atoms with Gasteiger partial charge in [-0.15, -0.1) is 0 Å². The minimum Gasteiger partial charge on any atom is -0.461 e. The monoisotopic (exact) mass is 207 g/mol. The van der Waals surface area contributed by atoms with E-state index >= 15 is 0 Å². The first-order chi connectivity index (χ1) is 6.68. The molecule has 0 fully saturated rings. The smallest absolute Gasteiger partial charge is 0.135 e. The Hall–Kier alpha value is -1.41. The molecule has 0 amide bonds. The number of nitrogen functional groups attached to an aromatic ring is 1. The average molecular weight is 208 g/mol. The fourth-order valence-corrected chi connectivity index (χ4v) is 1.54. The summed E-state index contributed by atoms with van der Waals surface area (Å²) in [5, 5.41) is 0.543. The van der Waals surface area contributed by atoms with E-state index in [4.69, 9.17) is 21.8 Å². The molecule has 0 saturated carbocycles. The number of hydrogen-bond donors (Lipinski definition) is 1. The van der Waals surface area contributed by atoms with Crippen LogP contribution in [0.3, 0.4) is 0 Å². The maximum absolute atomic E-state index is 6.05. The lowest BCUT2D eigenvalue weighted by molar-refractivity contribution is 0.548. The molecule has 14 heavy (non-hydrogen) atoms. The zero-order chi connectivity index (χ0) is 10.1. The van der Waals surface area contributed by atoms with Crippen LogP contribution in [0.1, 0.15) is 5.76 Å². The molecule has 72 valence electrons. The zero-order valence-corrected chi connectivity index (χ0v) is 8.51. The largest absolute Gasteiger partial charge is 0.461 e. The normalized spacial score (nSPS) is 10.4. The highest BCUT2D eigenvalue weighted by Crippen LogP contribution is 2.32. The molecule has 0 spiro atoms. The molecule has 0 saturated heterocycles. The van der Waals surface area contributed by atoms with Crippen LogP contribution in [-0.4, -0.2) is 0 Å². The van der Waals surface area contributed by atoms with Crippen LogP contribution in [0.2, 0.25) is 5.02 Å². The number of hydrogen-bond acceptors (Lipinski definition) is 2. The van der Waals surface area contributed by atoms with Crippen LogP contribution in [0.5, 0.6) is 0 Å². The van der Waals surface area contributed by atoms with Crippen molar-refractivity contribution in [2.45, 2.75) is 6.92 Å². The molecule has 0 aliphatic carbocycles. The van der Waals surface area contributed by atoms with Crippen LogP contribution in [0.15, 0.2) is 34.7 Å². The molecule has 2 nitrogen and oxygen atoms in total. The van der Waals surface area contributed by atoms with Crippen molar-refractivity contribution < 1.29 is 4.42 Å². The first-order valence-electron chi connectivity index (χ1n) is 4.29. The maximum atomic E-state index is 6.05. The molecule has 0 atom stereocenters. The van der Waals surface area contributed by atoms with Crippen LogP contribution < -0.4 is 5.73 Å². The summed E-state index contributed by atoms with van der Waals surface area (Å²) in [4.78, 5) is 0. The van der Waals surface area contributed by atoms with Crippen LogP contribution in [0.4, 0.5) is 5.69 Å². The Bertz CT molecular complexity index is 462. The van der Waals surface area contributed by atoms with Crippen LogP contribution in [0.25, 0.3) is 11.3 Å². The van der Waals surface area contributed by atoms with E-state index in [0.29, 0.717) is 10.7 Å². The highest BCUT2D eigenvalue weighted by molar-refractivity contribution is 6.35. The topological polar surface area (TPSA) is 39.2 Å². The van der Waals surface area contributed by atoms with Gasteiger partial charge in [-0.05, 0) is 31.2 Å². The second kappa shape index (κ2) is 3.39. The van der Waals surface area contributed by atoms with Gasteiger partial charge in [0.15, 0.2) is 0 Å². The van der Waals surface area contributed by atoms with E-state index in [-0.39, 0.29) is 0 Å². The Labute approximate surface area is 87.3 Å². The average Bonchev–Trinajstić information content (AvgIpc) is 2.57. The van der Waals surface area contributed by atoms with Gasteiger partial charge in [-0.2, -0.15) is 0 Å². The Morgan fingerprint density at radius 3 is 2.64 bits per heavy atom. The summed E-state index contributed by atoms with van der Waals surface area (Å²) in [7, 11) is 0. The Morgan fingerprint density at radius 2 is 2.00 bits per heavy atom. The van der Waals surface area contributed by atoms with Gasteiger partial charge in [-0.3, -0.25) is 0 Å². The van der Waals surface area contributed by atoms with E-state index < -0.39 is 0 Å². The third-order valence-electron chi connectivity index (χ3n) is 2.03. The molecule has 2 N–H and O–H groups in total. The van der Waals surface area contributed by atoms with E-state index in [1.54, 1.807) is 6.07 Å². The van der Waals surface area contributed by atoms with E-state index in [2.05, 4.69) is 0 Å². The molecule has 0 bridgehead atoms. The van der Waals surface area contributed by atoms with E-state index in [1.807, 2.05) is 31.2 Å². The fraction of sp³-hybridized carbons (Fsp3) is 0.0909. The predicted octanol–water partition coefficient (Wildman–Crippen LogP) is 3.49. The van der Waals surface area contributed by atoms with Crippen molar-refractivity contribution in [3.63, 3.8) is 0 Å². The summed E-state index contributed by atoms with van der Waals surface area (Å²) in [6.45, 7) is 1.89. The molecule has 1 heterocycles. The molecule has 0 aliphatic heterocycles. The molecular weight excluding hydrogens is 198 g/mol. The Morgan fingerprint density at radius 1 is 1.21 bits per heavy atom. The lowest BCUT2D eigenvalue weighted by Gasteiger charge is -2.02. The molecular formula is C11H10ClNO. The quantitative estimate of drug-likeness (QED) is 0.727. The summed E-state index contributed by atoms with van der Waals surface area (Å²) in [6, 6.07) is 9.29. The van der Waals surface area contributed by atoms with Crippen molar-refractivity contribution >= 4 is 17.3 Å². The van der Waals surface area contributed by atoms with E-state index in [9.17, 15) is 0 Å². The van der Waals surface area contributed by atoms with Gasteiger partial charge in [0.2, 0.25) is 0 Å². The standard InChI is InChI=1S/C11H10ClNO/c1-7-5-6-10(14-7)8-3-2-4-9(13)11(8)12/h2-6H,13H2,1H3. The zero-order valence-electron chi connectivity index (χ0n) is 7.75. The Balaban J connectivity index is 2.57. The summed E-state index contributed by atoms with van der Waals surface area (Å²) >= 11 is 6.05. The summed E-state index contributed by atoms with van der Waals surface area (Å²) in [5.41, 5.74) is 7.09. The van der Waals surface area contributed by atoms with Crippen molar-refractivity contribution in [1.82, 2.24) is 0 Å². The first kappa shape index (κ1) is 9.16. The third kappa shape index (κ3) is 1.49. The SMILES string of the molecule is Cc1ccc(-c2cccc(N)c2Cl)o1. The number of benzene rings is 1. The molecule has 0 aliphatic rings. The number of anilines is 1. The van der Waals surface area contributed by atoms with Crippen molar-refractivity contribution in [3.8, 4) is 11.3 Å². The van der Waals surface area contributed by atoms with Crippen LogP contribution >= 0.6 is 11.6 Å². The van der Waals surface area contributed by atoms with Gasteiger partial charge in [0.25, 0.3) is 0 Å². The van der Waals surface area contributed by atoms with Crippen molar-refractivity contribution in [2.24, 2.45) is 0 Å². The van der Waals surface area contributed by atoms with Gasteiger partial charge in [0.1, 0.15) is 11.5 Å². The third-order valence-corrected chi connectivity index (χ3v) is 2.46. The first-order valence-corrected chi connectivity index (χ1v) is 4.67. The second-order valence-electron chi connectivity index (χ2n) is 3.12. The van der Waals surface area contributed by atoms with Gasteiger partial charge in [0, 0.05) is 5.56 Å². The lowest BCUT2D eigenvalue weighted by Crippen LogP contribution is -1.87. The number of nitrogens with two attached hydrogens (primary N) is 1. The summed E-state index contributed by atoms with van der Waals surface area (Å²) in [5.74, 6) is 1.61. The highest BCUT2D eigenvalue weighted by atomic mass is 35.5. The number of furan rings is 1. The minimum absolute atomic E-state index is 0.543. The number of halogens is 1. The molecule has 1 aromatic heterocycles. The number of rotatable bonds is 1. The van der Waals surface area contributed by atoms with E-state index in [0.717, 1.165) is 17.1 Å². The summed E-state index contributed by atoms with van der Waals surface area (Å²) < 4.78 is 5.47. The van der Waals surface area contributed by atoms with Crippen LogP contribution in [-0.2, 0) is 0 Å². The molecule has 2 aromatic rings. The van der Waals surface area contributed by atoms with Gasteiger partial charge in [-0.1, -0.05) is 17.7 Å². The minimum atomic E-state index is 0.543. The van der Waals surface area contributed by atoms with Crippen molar-refractivity contribution in [3.05, 3.63) is 41.1 Å². The predicted molar refractivity (Wildman–Crippen MR) is 58.3 cm³/mol. The fourth-order valence-electron chi connectivity index (χ4n) is 1.32. The van der Waals surface area contributed by atoms with Gasteiger partial charge in [0.05, 0.1) is 10.7 Å². The van der Waals surface area contributed by atoms with E-state index in [1.165, 1.54) is 0 Å². The Kier molecular flexibility index (Phi) is 2.22. The molecule has 0 unspecified atom stereocenters. The highest BCUT2D eigenvalue weighted by Gasteiger charge is 2.08. The molecule has 0 radical (unpaired) electrons. The molecule has 3 heteroatoms. The van der Waals surface area contributed by atoms with Gasteiger partial charge < -0.3 is 10.2 Å². The lowest BCUT2D eigenvalue weighted by atomic mass is 10.1. The van der Waals surface area contributed by atoms with Gasteiger partial charge >= 0.3 is 0 Å². The molecule has 1 aromatic carbocycles. The van der Waals surface area contributed by atoms with Crippen molar-refractivity contribution in [1.29, 1.82) is 0 Å². The van der Waals surface area contributed by atoms with Crippen molar-refractivity contribution in [2.75, 3.05) is 5.73 Å². The van der Waals surface area contributed by atoms with Gasteiger partial charge in [-0.25, -0.2) is 0 Å². The summed E-state index contributed by atoms with van der Waals surface area (Å²) in [6.07, 6.45) is 0. The second-order valence-corrected chi connectivity index (χ2v) is 3.50. The maximum Gasteiger partial charge on any atom is 0.135 e.